The Kier molecular flexibility index (Phi) is 3.80. The number of carboxylic acids is 1. The smallest absolute Gasteiger partial charge is 0.356 e. The Bertz CT molecular complexity index is 662. The maximum Gasteiger partial charge on any atom is 0.356 e. The van der Waals surface area contributed by atoms with Crippen LogP contribution in [0.25, 0.3) is 5.65 Å². The first-order chi connectivity index (χ1) is 10.2. The van der Waals surface area contributed by atoms with Crippen molar-refractivity contribution in [2.24, 2.45) is 0 Å². The normalized spacial score (nSPS) is 17.2. The van der Waals surface area contributed by atoms with Crippen molar-refractivity contribution in [1.82, 2.24) is 9.38 Å². The van der Waals surface area contributed by atoms with Gasteiger partial charge in [0.25, 0.3) is 0 Å². The highest BCUT2D eigenvalue weighted by molar-refractivity contribution is 8.00. The zero-order valence-electron chi connectivity index (χ0n) is 12.0. The van der Waals surface area contributed by atoms with Crippen LogP contribution < -0.4 is 5.32 Å². The fourth-order valence-electron chi connectivity index (χ4n) is 3.04. The van der Waals surface area contributed by atoms with Gasteiger partial charge in [-0.2, -0.15) is 11.8 Å². The number of anilines is 1. The van der Waals surface area contributed by atoms with E-state index in [1.54, 1.807) is 10.6 Å². The predicted molar refractivity (Wildman–Crippen MR) is 85.4 cm³/mol. The van der Waals surface area contributed by atoms with Gasteiger partial charge >= 0.3 is 5.97 Å². The lowest BCUT2D eigenvalue weighted by molar-refractivity contribution is 0.0690. The van der Waals surface area contributed by atoms with Crippen LogP contribution in [0.4, 0.5) is 5.82 Å². The van der Waals surface area contributed by atoms with Gasteiger partial charge in [-0.1, -0.05) is 18.9 Å². The molecule has 3 rings (SSSR count). The lowest BCUT2D eigenvalue weighted by Crippen LogP contribution is -2.30. The van der Waals surface area contributed by atoms with E-state index in [9.17, 15) is 9.90 Å². The summed E-state index contributed by atoms with van der Waals surface area (Å²) in [6.45, 7) is 0.762. The van der Waals surface area contributed by atoms with Gasteiger partial charge in [-0.25, -0.2) is 9.78 Å². The number of pyridine rings is 1. The highest BCUT2D eigenvalue weighted by Crippen LogP contribution is 2.40. The van der Waals surface area contributed by atoms with Gasteiger partial charge in [0.15, 0.2) is 11.5 Å². The quantitative estimate of drug-likeness (QED) is 0.888. The molecule has 2 aromatic heterocycles. The van der Waals surface area contributed by atoms with E-state index < -0.39 is 5.97 Å². The summed E-state index contributed by atoms with van der Waals surface area (Å²) >= 11 is 1.88. The van der Waals surface area contributed by atoms with Crippen molar-refractivity contribution < 1.29 is 9.90 Å². The molecule has 0 saturated heterocycles. The fraction of sp³-hybridized carbons (Fsp3) is 0.467. The van der Waals surface area contributed by atoms with Crippen LogP contribution in [0.1, 0.15) is 36.2 Å². The summed E-state index contributed by atoms with van der Waals surface area (Å²) in [6.07, 6.45) is 8.72. The summed E-state index contributed by atoms with van der Waals surface area (Å²) in [5, 5.41) is 12.7. The molecule has 1 aliphatic rings. The molecule has 2 heterocycles. The topological polar surface area (TPSA) is 66.6 Å². The second-order valence-corrected chi connectivity index (χ2v) is 6.77. The number of nitrogens with one attached hydrogen (secondary N) is 1. The Labute approximate surface area is 127 Å². The summed E-state index contributed by atoms with van der Waals surface area (Å²) < 4.78 is 1.83. The number of carbonyl (C=O) groups is 1. The number of hydrogen-bond acceptors (Lipinski definition) is 4. The van der Waals surface area contributed by atoms with E-state index in [2.05, 4.69) is 16.6 Å². The summed E-state index contributed by atoms with van der Waals surface area (Å²) in [5.74, 6) is -0.491. The third kappa shape index (κ3) is 2.60. The standard InChI is InChI=1S/C15H19N3O2S/c1-21-15(7-3-4-8-15)10-16-13-12(14(19)20)18-9-5-2-6-11(18)17-13/h2,5-6,9,16H,3-4,7-8,10H2,1H3,(H,19,20). The molecule has 1 aliphatic carbocycles. The minimum Gasteiger partial charge on any atom is -0.476 e. The summed E-state index contributed by atoms with van der Waals surface area (Å²) in [7, 11) is 0. The maximum atomic E-state index is 11.5. The van der Waals surface area contributed by atoms with Crippen LogP contribution in [0.5, 0.6) is 0 Å². The van der Waals surface area contributed by atoms with E-state index in [1.807, 2.05) is 30.0 Å². The molecule has 21 heavy (non-hydrogen) atoms. The minimum atomic E-state index is -0.958. The second kappa shape index (κ2) is 5.60. The number of aromatic carboxylic acids is 1. The van der Waals surface area contributed by atoms with Gasteiger partial charge in [-0.3, -0.25) is 4.40 Å². The number of aromatic nitrogens is 2. The zero-order valence-corrected chi connectivity index (χ0v) is 12.8. The molecule has 1 saturated carbocycles. The number of fused-ring (bicyclic) bond motifs is 1. The van der Waals surface area contributed by atoms with Crippen molar-refractivity contribution in [2.45, 2.75) is 30.4 Å². The predicted octanol–water partition coefficient (Wildman–Crippen LogP) is 3.12. The number of imidazole rings is 1. The Balaban J connectivity index is 1.90. The van der Waals surface area contributed by atoms with Gasteiger partial charge in [-0.15, -0.1) is 0 Å². The lowest BCUT2D eigenvalue weighted by Gasteiger charge is -2.27. The number of rotatable bonds is 5. The summed E-state index contributed by atoms with van der Waals surface area (Å²) in [6, 6.07) is 5.49. The van der Waals surface area contributed by atoms with Crippen LogP contribution in [-0.4, -0.2) is 38.0 Å². The lowest BCUT2D eigenvalue weighted by atomic mass is 10.1. The van der Waals surface area contributed by atoms with Crippen molar-refractivity contribution in [1.29, 1.82) is 0 Å². The number of thioether (sulfide) groups is 1. The second-order valence-electron chi connectivity index (χ2n) is 5.49. The minimum absolute atomic E-state index is 0.208. The molecule has 0 aromatic carbocycles. The molecular formula is C15H19N3O2S. The van der Waals surface area contributed by atoms with Crippen LogP contribution in [0.2, 0.25) is 0 Å². The first kappa shape index (κ1) is 14.3. The molecule has 0 amide bonds. The van der Waals surface area contributed by atoms with E-state index in [0.29, 0.717) is 11.5 Å². The van der Waals surface area contributed by atoms with E-state index in [-0.39, 0.29) is 10.4 Å². The van der Waals surface area contributed by atoms with Crippen LogP contribution >= 0.6 is 11.8 Å². The summed E-state index contributed by atoms with van der Waals surface area (Å²) in [5.41, 5.74) is 0.863. The molecule has 0 unspecified atom stereocenters. The third-order valence-electron chi connectivity index (χ3n) is 4.26. The molecule has 0 radical (unpaired) electrons. The van der Waals surface area contributed by atoms with Crippen molar-refractivity contribution in [3.8, 4) is 0 Å². The van der Waals surface area contributed by atoms with Crippen LogP contribution in [0.15, 0.2) is 24.4 Å². The monoisotopic (exact) mass is 305 g/mol. The van der Waals surface area contributed by atoms with Crippen molar-refractivity contribution in [3.05, 3.63) is 30.1 Å². The van der Waals surface area contributed by atoms with Crippen LogP contribution in [0.3, 0.4) is 0 Å². The molecule has 5 nitrogen and oxygen atoms in total. The molecule has 112 valence electrons. The molecule has 0 aliphatic heterocycles. The number of hydrogen-bond donors (Lipinski definition) is 2. The van der Waals surface area contributed by atoms with Gasteiger partial charge < -0.3 is 10.4 Å². The fourth-order valence-corrected chi connectivity index (χ4v) is 3.95. The zero-order chi connectivity index (χ0) is 14.9. The number of nitrogens with zero attached hydrogens (tertiary/aromatic N) is 2. The van der Waals surface area contributed by atoms with Gasteiger partial charge in [0.05, 0.1) is 0 Å². The van der Waals surface area contributed by atoms with Gasteiger partial charge in [0.1, 0.15) is 5.65 Å². The average Bonchev–Trinajstić information content (AvgIpc) is 3.09. The molecule has 0 bridgehead atoms. The van der Waals surface area contributed by atoms with Gasteiger partial charge in [0.2, 0.25) is 0 Å². The first-order valence-electron chi connectivity index (χ1n) is 7.15. The molecule has 2 aromatic rings. The van der Waals surface area contributed by atoms with E-state index in [1.165, 1.54) is 25.7 Å². The van der Waals surface area contributed by atoms with Crippen molar-refractivity contribution >= 4 is 29.2 Å². The number of carboxylic acid groups (broad SMARTS) is 1. The molecule has 1 fully saturated rings. The van der Waals surface area contributed by atoms with E-state index in [0.717, 1.165) is 6.54 Å². The average molecular weight is 305 g/mol. The van der Waals surface area contributed by atoms with Gasteiger partial charge in [-0.05, 0) is 31.2 Å². The Morgan fingerprint density at radius 2 is 2.24 bits per heavy atom. The molecule has 2 N–H and O–H groups in total. The van der Waals surface area contributed by atoms with E-state index >= 15 is 0 Å². The van der Waals surface area contributed by atoms with Gasteiger partial charge in [0, 0.05) is 17.5 Å². The van der Waals surface area contributed by atoms with E-state index in [4.69, 9.17) is 0 Å². The Morgan fingerprint density at radius 3 is 2.90 bits per heavy atom. The van der Waals surface area contributed by atoms with Crippen LogP contribution in [-0.2, 0) is 0 Å². The SMILES string of the molecule is CSC1(CNc2nc3ccccn3c2C(=O)O)CCCC1. The highest BCUT2D eigenvalue weighted by atomic mass is 32.2. The van der Waals surface area contributed by atoms with Crippen LogP contribution in [0, 0.1) is 0 Å². The molecular weight excluding hydrogens is 286 g/mol. The Hall–Kier alpha value is -1.69. The maximum absolute atomic E-state index is 11.5. The highest BCUT2D eigenvalue weighted by Gasteiger charge is 2.33. The van der Waals surface area contributed by atoms with Crippen molar-refractivity contribution in [2.75, 3.05) is 18.1 Å². The molecule has 0 atom stereocenters. The third-order valence-corrected chi connectivity index (χ3v) is 5.68. The Morgan fingerprint density at radius 1 is 1.48 bits per heavy atom. The first-order valence-corrected chi connectivity index (χ1v) is 8.37. The largest absolute Gasteiger partial charge is 0.476 e. The van der Waals surface area contributed by atoms with Crippen molar-refractivity contribution in [3.63, 3.8) is 0 Å². The molecule has 6 heteroatoms. The molecule has 0 spiro atoms. The summed E-state index contributed by atoms with van der Waals surface area (Å²) in [4.78, 5) is 16.0.